The lowest BCUT2D eigenvalue weighted by Crippen LogP contribution is -2.28. The minimum atomic E-state index is -0.418. The van der Waals surface area contributed by atoms with Gasteiger partial charge in [0.2, 0.25) is 0 Å². The van der Waals surface area contributed by atoms with E-state index >= 15 is 0 Å². The predicted octanol–water partition coefficient (Wildman–Crippen LogP) is 4.01. The standard InChI is InChI=1S/C16H21FN2OS/c1-4-7-12-15(16(2,3)18)21-14(19-12)10-20-13-9-6-5-8-11(13)17/h5-6,8-9H,4,7,10,18H2,1-3H3. The number of halogens is 1. The zero-order valence-corrected chi connectivity index (χ0v) is 13.5. The van der Waals surface area contributed by atoms with Crippen LogP contribution in [0.4, 0.5) is 4.39 Å². The molecule has 5 heteroatoms. The van der Waals surface area contributed by atoms with Crippen molar-refractivity contribution in [3.8, 4) is 5.75 Å². The predicted molar refractivity (Wildman–Crippen MR) is 84.1 cm³/mol. The number of rotatable bonds is 6. The Hall–Kier alpha value is -1.46. The number of ether oxygens (including phenoxy) is 1. The highest BCUT2D eigenvalue weighted by molar-refractivity contribution is 7.11. The van der Waals surface area contributed by atoms with Crippen LogP contribution in [0.2, 0.25) is 0 Å². The summed E-state index contributed by atoms with van der Waals surface area (Å²) in [7, 11) is 0. The fourth-order valence-corrected chi connectivity index (χ4v) is 3.11. The summed E-state index contributed by atoms with van der Waals surface area (Å²) in [6, 6.07) is 6.38. The summed E-state index contributed by atoms with van der Waals surface area (Å²) in [6.45, 7) is 6.32. The molecule has 1 aromatic heterocycles. The van der Waals surface area contributed by atoms with Gasteiger partial charge in [-0.15, -0.1) is 11.3 Å². The largest absolute Gasteiger partial charge is 0.483 e. The van der Waals surface area contributed by atoms with Gasteiger partial charge >= 0.3 is 0 Å². The van der Waals surface area contributed by atoms with Crippen molar-refractivity contribution >= 4 is 11.3 Å². The normalized spacial score (nSPS) is 11.7. The molecular weight excluding hydrogens is 287 g/mol. The van der Waals surface area contributed by atoms with E-state index in [0.29, 0.717) is 0 Å². The molecule has 114 valence electrons. The van der Waals surface area contributed by atoms with Crippen LogP contribution in [-0.2, 0) is 18.6 Å². The minimum Gasteiger partial charge on any atom is -0.483 e. The summed E-state index contributed by atoms with van der Waals surface area (Å²) in [6.07, 6.45) is 1.91. The maximum Gasteiger partial charge on any atom is 0.165 e. The monoisotopic (exact) mass is 308 g/mol. The van der Waals surface area contributed by atoms with Crippen molar-refractivity contribution in [2.24, 2.45) is 5.73 Å². The summed E-state index contributed by atoms with van der Waals surface area (Å²) in [5.41, 5.74) is 6.81. The van der Waals surface area contributed by atoms with Crippen molar-refractivity contribution < 1.29 is 9.13 Å². The first-order valence-electron chi connectivity index (χ1n) is 7.07. The van der Waals surface area contributed by atoms with Gasteiger partial charge in [-0.2, -0.15) is 0 Å². The molecule has 0 aliphatic rings. The zero-order chi connectivity index (χ0) is 15.5. The molecule has 0 fully saturated rings. The second-order valence-electron chi connectivity index (χ2n) is 5.57. The first kappa shape index (κ1) is 15.9. The Balaban J connectivity index is 2.16. The fraction of sp³-hybridized carbons (Fsp3) is 0.438. The van der Waals surface area contributed by atoms with E-state index in [0.717, 1.165) is 28.4 Å². The van der Waals surface area contributed by atoms with E-state index in [2.05, 4.69) is 11.9 Å². The van der Waals surface area contributed by atoms with Crippen LogP contribution in [0.15, 0.2) is 24.3 Å². The van der Waals surface area contributed by atoms with Crippen molar-refractivity contribution in [2.45, 2.75) is 45.8 Å². The summed E-state index contributed by atoms with van der Waals surface area (Å²) < 4.78 is 19.0. The lowest BCUT2D eigenvalue weighted by Gasteiger charge is -2.17. The van der Waals surface area contributed by atoms with E-state index in [1.165, 1.54) is 6.07 Å². The number of para-hydroxylation sites is 1. The summed E-state index contributed by atoms with van der Waals surface area (Å²) in [4.78, 5) is 5.68. The smallest absolute Gasteiger partial charge is 0.165 e. The third kappa shape index (κ3) is 4.02. The van der Waals surface area contributed by atoms with E-state index in [1.54, 1.807) is 29.5 Å². The van der Waals surface area contributed by atoms with Crippen LogP contribution >= 0.6 is 11.3 Å². The van der Waals surface area contributed by atoms with Crippen LogP contribution < -0.4 is 10.5 Å². The first-order valence-corrected chi connectivity index (χ1v) is 7.88. The Kier molecular flexibility index (Phi) is 4.96. The Morgan fingerprint density at radius 3 is 2.67 bits per heavy atom. The molecule has 1 aromatic carbocycles. The quantitative estimate of drug-likeness (QED) is 0.877. The maximum absolute atomic E-state index is 13.5. The highest BCUT2D eigenvalue weighted by Gasteiger charge is 2.23. The zero-order valence-electron chi connectivity index (χ0n) is 12.6. The van der Waals surface area contributed by atoms with Gasteiger partial charge in [-0.05, 0) is 32.4 Å². The molecular formula is C16H21FN2OS. The van der Waals surface area contributed by atoms with Crippen molar-refractivity contribution in [3.05, 3.63) is 45.7 Å². The van der Waals surface area contributed by atoms with Crippen LogP contribution in [0.25, 0.3) is 0 Å². The molecule has 0 saturated carbocycles. The van der Waals surface area contributed by atoms with Gasteiger partial charge in [0.1, 0.15) is 11.6 Å². The van der Waals surface area contributed by atoms with E-state index < -0.39 is 5.54 Å². The highest BCUT2D eigenvalue weighted by atomic mass is 32.1. The molecule has 0 aliphatic heterocycles. The average molecular weight is 308 g/mol. The van der Waals surface area contributed by atoms with Crippen molar-refractivity contribution in [1.29, 1.82) is 0 Å². The van der Waals surface area contributed by atoms with Gasteiger partial charge in [0.05, 0.1) is 5.69 Å². The van der Waals surface area contributed by atoms with Gasteiger partial charge in [0.25, 0.3) is 0 Å². The Morgan fingerprint density at radius 1 is 1.33 bits per heavy atom. The number of hydrogen-bond acceptors (Lipinski definition) is 4. The lowest BCUT2D eigenvalue weighted by molar-refractivity contribution is 0.289. The van der Waals surface area contributed by atoms with Gasteiger partial charge < -0.3 is 10.5 Å². The molecule has 0 aliphatic carbocycles. The van der Waals surface area contributed by atoms with E-state index in [9.17, 15) is 4.39 Å². The fourth-order valence-electron chi connectivity index (χ4n) is 2.07. The molecule has 0 saturated heterocycles. The molecule has 0 unspecified atom stereocenters. The van der Waals surface area contributed by atoms with Crippen molar-refractivity contribution in [1.82, 2.24) is 4.98 Å². The third-order valence-electron chi connectivity index (χ3n) is 3.00. The van der Waals surface area contributed by atoms with Gasteiger partial charge in [0, 0.05) is 10.4 Å². The molecule has 2 aromatic rings. The Bertz CT molecular complexity index is 605. The molecule has 3 nitrogen and oxygen atoms in total. The Labute approximate surface area is 129 Å². The van der Waals surface area contributed by atoms with E-state index in [4.69, 9.17) is 10.5 Å². The number of hydrogen-bond donors (Lipinski definition) is 1. The number of benzene rings is 1. The minimum absolute atomic E-state index is 0.248. The number of aryl methyl sites for hydroxylation is 1. The van der Waals surface area contributed by atoms with Gasteiger partial charge in [0.15, 0.2) is 11.6 Å². The number of nitrogens with zero attached hydrogens (tertiary/aromatic N) is 1. The van der Waals surface area contributed by atoms with E-state index in [-0.39, 0.29) is 18.2 Å². The lowest BCUT2D eigenvalue weighted by atomic mass is 10.0. The van der Waals surface area contributed by atoms with Crippen LogP contribution in [-0.4, -0.2) is 4.98 Å². The van der Waals surface area contributed by atoms with Gasteiger partial charge in [-0.1, -0.05) is 25.5 Å². The molecule has 21 heavy (non-hydrogen) atoms. The molecule has 0 bridgehead atoms. The topological polar surface area (TPSA) is 48.1 Å². The third-order valence-corrected chi connectivity index (χ3v) is 4.41. The average Bonchev–Trinajstić information content (AvgIpc) is 2.81. The molecule has 0 amide bonds. The number of thiazole rings is 1. The number of aromatic nitrogens is 1. The molecule has 0 spiro atoms. The second kappa shape index (κ2) is 6.54. The van der Waals surface area contributed by atoms with Crippen LogP contribution in [0.1, 0.15) is 42.8 Å². The molecule has 0 radical (unpaired) electrons. The Morgan fingerprint density at radius 2 is 2.05 bits per heavy atom. The first-order chi connectivity index (χ1) is 9.91. The summed E-state index contributed by atoms with van der Waals surface area (Å²) >= 11 is 1.55. The summed E-state index contributed by atoms with van der Waals surface area (Å²) in [5, 5.41) is 0.829. The van der Waals surface area contributed by atoms with Crippen molar-refractivity contribution in [2.75, 3.05) is 0 Å². The molecule has 0 atom stereocenters. The second-order valence-corrected chi connectivity index (χ2v) is 6.66. The molecule has 1 heterocycles. The highest BCUT2D eigenvalue weighted by Crippen LogP contribution is 2.30. The summed E-state index contributed by atoms with van der Waals surface area (Å²) in [5.74, 6) is -0.111. The van der Waals surface area contributed by atoms with Crippen LogP contribution in [0.3, 0.4) is 0 Å². The number of nitrogens with two attached hydrogens (primary N) is 1. The SMILES string of the molecule is CCCc1nc(COc2ccccc2F)sc1C(C)(C)N. The van der Waals surface area contributed by atoms with Crippen LogP contribution in [0, 0.1) is 5.82 Å². The molecule has 2 rings (SSSR count). The van der Waals surface area contributed by atoms with Gasteiger partial charge in [-0.3, -0.25) is 0 Å². The molecule has 2 N–H and O–H groups in total. The van der Waals surface area contributed by atoms with Gasteiger partial charge in [-0.25, -0.2) is 9.37 Å². The van der Waals surface area contributed by atoms with Crippen LogP contribution in [0.5, 0.6) is 5.75 Å². The van der Waals surface area contributed by atoms with E-state index in [1.807, 2.05) is 13.8 Å². The van der Waals surface area contributed by atoms with Crippen molar-refractivity contribution in [3.63, 3.8) is 0 Å². The maximum atomic E-state index is 13.5.